The lowest BCUT2D eigenvalue weighted by atomic mass is 10.2. The fourth-order valence-electron chi connectivity index (χ4n) is 1.33. The average molecular weight is 247 g/mol. The molecule has 0 aromatic carbocycles. The first-order valence-electron chi connectivity index (χ1n) is 5.04. The van der Waals surface area contributed by atoms with Gasteiger partial charge in [0.2, 0.25) is 0 Å². The number of hydrazine groups is 1. The number of nitrogens with one attached hydrogen (secondary N) is 1. The Morgan fingerprint density at radius 3 is 2.33 bits per heavy atom. The van der Waals surface area contributed by atoms with Crippen LogP contribution in [-0.4, -0.2) is 47.4 Å². The quantitative estimate of drug-likeness (QED) is 0.698. The molecule has 1 N–H and O–H groups in total. The van der Waals surface area contributed by atoms with E-state index < -0.39 is 0 Å². The average Bonchev–Trinajstić information content (AvgIpc) is 2.18. The molecule has 1 fully saturated rings. The molecule has 1 aliphatic heterocycles. The molecule has 0 bridgehead atoms. The Balaban J connectivity index is 2.25. The maximum Gasteiger partial charge on any atom is 0.279 e. The number of nitrogens with zero attached hydrogens (tertiary/aromatic N) is 2. The molecule has 0 aliphatic carbocycles. The molecule has 1 saturated heterocycles. The van der Waals surface area contributed by atoms with Gasteiger partial charge in [0.05, 0.1) is 0 Å². The number of ether oxygens (including phenoxy) is 1. The highest BCUT2D eigenvalue weighted by Crippen LogP contribution is 2.05. The van der Waals surface area contributed by atoms with Crippen LogP contribution in [0, 0.1) is 0 Å². The second-order valence-corrected chi connectivity index (χ2v) is 4.43. The number of rotatable bonds is 1. The molecule has 86 valence electrons. The molecule has 0 unspecified atom stereocenters. The van der Waals surface area contributed by atoms with E-state index in [1.807, 2.05) is 14.1 Å². The molecule has 0 saturated carbocycles. The van der Waals surface area contributed by atoms with Gasteiger partial charge in [0, 0.05) is 27.2 Å². The van der Waals surface area contributed by atoms with Crippen molar-refractivity contribution in [2.24, 2.45) is 0 Å². The van der Waals surface area contributed by atoms with Crippen molar-refractivity contribution >= 4 is 34.8 Å². The van der Waals surface area contributed by atoms with E-state index in [1.54, 1.807) is 4.90 Å². The molecule has 0 amide bonds. The van der Waals surface area contributed by atoms with Crippen molar-refractivity contribution in [1.82, 2.24) is 15.3 Å². The molecular weight excluding hydrogens is 230 g/mol. The van der Waals surface area contributed by atoms with Gasteiger partial charge in [-0.15, -0.1) is 0 Å². The summed E-state index contributed by atoms with van der Waals surface area (Å²) in [5.74, 6) is 0. The van der Waals surface area contributed by atoms with Crippen molar-refractivity contribution in [1.29, 1.82) is 0 Å². The van der Waals surface area contributed by atoms with Crippen LogP contribution in [0.25, 0.3) is 0 Å². The van der Waals surface area contributed by atoms with E-state index in [2.05, 4.69) is 10.4 Å². The minimum atomic E-state index is 0.329. The van der Waals surface area contributed by atoms with Crippen molar-refractivity contribution in [3.05, 3.63) is 0 Å². The minimum absolute atomic E-state index is 0.329. The van der Waals surface area contributed by atoms with E-state index in [4.69, 9.17) is 29.2 Å². The molecule has 0 atom stereocenters. The number of hydrogen-bond donors (Lipinski definition) is 1. The topological polar surface area (TPSA) is 27.7 Å². The first kappa shape index (κ1) is 12.6. The van der Waals surface area contributed by atoms with Gasteiger partial charge in [-0.2, -0.15) is 0 Å². The number of thiocarbonyl (C=S) groups is 2. The second kappa shape index (κ2) is 6.19. The lowest BCUT2D eigenvalue weighted by molar-refractivity contribution is 0.183. The van der Waals surface area contributed by atoms with Gasteiger partial charge in [0.15, 0.2) is 0 Å². The predicted octanol–water partition coefficient (Wildman–Crippen LogP) is 1.12. The maximum atomic E-state index is 5.25. The van der Waals surface area contributed by atoms with Crippen molar-refractivity contribution in [2.45, 2.75) is 19.3 Å². The summed E-state index contributed by atoms with van der Waals surface area (Å²) >= 11 is 10.0. The van der Waals surface area contributed by atoms with Crippen molar-refractivity contribution in [3.8, 4) is 0 Å². The standard InChI is InChI=1S/C9H17N3OS2/c1-11(2)9(15)13-8(14)10-12-6-4-3-5-7-12/h3-7H2,1-2H3,(H,10,14). The molecule has 0 aromatic rings. The van der Waals surface area contributed by atoms with Gasteiger partial charge in [-0.3, -0.25) is 5.43 Å². The summed E-state index contributed by atoms with van der Waals surface area (Å²) in [6.07, 6.45) is 3.70. The first-order valence-corrected chi connectivity index (χ1v) is 5.86. The summed E-state index contributed by atoms with van der Waals surface area (Å²) < 4.78 is 5.25. The largest absolute Gasteiger partial charge is 0.404 e. The lowest BCUT2D eigenvalue weighted by Crippen LogP contribution is -2.46. The van der Waals surface area contributed by atoms with Crippen molar-refractivity contribution < 1.29 is 4.74 Å². The summed E-state index contributed by atoms with van der Waals surface area (Å²) in [4.78, 5) is 1.71. The maximum absolute atomic E-state index is 5.25. The molecule has 6 heteroatoms. The third-order valence-corrected chi connectivity index (χ3v) is 2.77. The van der Waals surface area contributed by atoms with E-state index in [0.717, 1.165) is 13.1 Å². The monoisotopic (exact) mass is 247 g/mol. The normalized spacial score (nSPS) is 16.9. The van der Waals surface area contributed by atoms with E-state index in [-0.39, 0.29) is 0 Å². The van der Waals surface area contributed by atoms with E-state index in [9.17, 15) is 0 Å². The Morgan fingerprint density at radius 1 is 1.20 bits per heavy atom. The summed E-state index contributed by atoms with van der Waals surface area (Å²) in [7, 11) is 3.65. The Bertz CT molecular complexity index is 240. The predicted molar refractivity (Wildman–Crippen MR) is 68.5 cm³/mol. The summed E-state index contributed by atoms with van der Waals surface area (Å²) in [5, 5.41) is 2.78. The van der Waals surface area contributed by atoms with E-state index in [0.29, 0.717) is 10.3 Å². The van der Waals surface area contributed by atoms with E-state index in [1.165, 1.54) is 19.3 Å². The van der Waals surface area contributed by atoms with Gasteiger partial charge in [-0.05, 0) is 37.3 Å². The molecule has 0 aromatic heterocycles. The first-order chi connectivity index (χ1) is 7.09. The number of hydrogen-bond acceptors (Lipinski definition) is 4. The number of piperidine rings is 1. The zero-order valence-electron chi connectivity index (χ0n) is 9.15. The fraction of sp³-hybridized carbons (Fsp3) is 0.778. The van der Waals surface area contributed by atoms with Crippen LogP contribution in [0.1, 0.15) is 19.3 Å². The highest BCUT2D eigenvalue weighted by Gasteiger charge is 2.12. The molecule has 15 heavy (non-hydrogen) atoms. The van der Waals surface area contributed by atoms with Crippen molar-refractivity contribution in [2.75, 3.05) is 27.2 Å². The Labute approximate surface area is 102 Å². The highest BCUT2D eigenvalue weighted by atomic mass is 32.1. The van der Waals surface area contributed by atoms with Gasteiger partial charge >= 0.3 is 0 Å². The molecular formula is C9H17N3OS2. The lowest BCUT2D eigenvalue weighted by Gasteiger charge is -2.27. The molecule has 1 rings (SSSR count). The van der Waals surface area contributed by atoms with Crippen LogP contribution in [-0.2, 0) is 4.74 Å². The molecule has 0 spiro atoms. The SMILES string of the molecule is CN(C)C(=S)OC(=S)NN1CCCCC1. The fourth-order valence-corrected chi connectivity index (χ4v) is 1.67. The van der Waals surface area contributed by atoms with Crippen LogP contribution in [0.5, 0.6) is 0 Å². The zero-order valence-corrected chi connectivity index (χ0v) is 10.8. The molecule has 1 aliphatic rings. The Kier molecular flexibility index (Phi) is 5.21. The van der Waals surface area contributed by atoms with Crippen LogP contribution in [0.2, 0.25) is 0 Å². The van der Waals surface area contributed by atoms with Gasteiger partial charge in [0.25, 0.3) is 10.3 Å². The Hall–Kier alpha value is -0.460. The third kappa shape index (κ3) is 4.72. The smallest absolute Gasteiger partial charge is 0.279 e. The van der Waals surface area contributed by atoms with Crippen LogP contribution in [0.4, 0.5) is 0 Å². The third-order valence-electron chi connectivity index (χ3n) is 2.15. The Morgan fingerprint density at radius 2 is 1.80 bits per heavy atom. The van der Waals surface area contributed by atoms with Gasteiger partial charge in [-0.1, -0.05) is 6.42 Å². The molecule has 0 radical (unpaired) electrons. The highest BCUT2D eigenvalue weighted by molar-refractivity contribution is 7.81. The van der Waals surface area contributed by atoms with Crippen molar-refractivity contribution in [3.63, 3.8) is 0 Å². The van der Waals surface area contributed by atoms with E-state index >= 15 is 0 Å². The van der Waals surface area contributed by atoms with Crippen LogP contribution in [0.3, 0.4) is 0 Å². The van der Waals surface area contributed by atoms with Crippen LogP contribution >= 0.6 is 24.4 Å². The van der Waals surface area contributed by atoms with Gasteiger partial charge in [-0.25, -0.2) is 5.01 Å². The summed E-state index contributed by atoms with van der Waals surface area (Å²) in [6, 6.07) is 0. The summed E-state index contributed by atoms with van der Waals surface area (Å²) in [6.45, 7) is 2.02. The van der Waals surface area contributed by atoms with Gasteiger partial charge in [0.1, 0.15) is 0 Å². The van der Waals surface area contributed by atoms with Crippen LogP contribution in [0.15, 0.2) is 0 Å². The second-order valence-electron chi connectivity index (χ2n) is 3.71. The summed E-state index contributed by atoms with van der Waals surface area (Å²) in [5.41, 5.74) is 3.03. The minimum Gasteiger partial charge on any atom is -0.404 e. The molecule has 4 nitrogen and oxygen atoms in total. The van der Waals surface area contributed by atoms with Gasteiger partial charge < -0.3 is 9.64 Å². The van der Waals surface area contributed by atoms with Crippen LogP contribution < -0.4 is 5.43 Å². The zero-order chi connectivity index (χ0) is 11.3. The molecule has 1 heterocycles.